The van der Waals surface area contributed by atoms with E-state index in [9.17, 15) is 4.79 Å². The molecule has 0 aromatic carbocycles. The normalized spacial score (nSPS) is 23.7. The molecule has 12 heteroatoms. The number of nitrogens with zero attached hydrogens (tertiary/aromatic N) is 5. The summed E-state index contributed by atoms with van der Waals surface area (Å²) in [6.45, 7) is 5.81. The summed E-state index contributed by atoms with van der Waals surface area (Å²) in [5, 5.41) is 6.09. The molecule has 6 heterocycles. The first-order valence-corrected chi connectivity index (χ1v) is 12.0. The van der Waals surface area contributed by atoms with Gasteiger partial charge in [0.2, 0.25) is 5.65 Å². The van der Waals surface area contributed by atoms with E-state index in [1.807, 2.05) is 17.9 Å². The Labute approximate surface area is 207 Å². The van der Waals surface area contributed by atoms with Crippen molar-refractivity contribution in [1.29, 1.82) is 0 Å². The van der Waals surface area contributed by atoms with Gasteiger partial charge in [0.1, 0.15) is 6.26 Å². The highest BCUT2D eigenvalue weighted by atomic mass is 16.5. The standard InChI is InChI=1S/C24H28N8O4/c1-15-12-16(2-4-26-15)24(27-5-9-35-24)22(33)28-18-13-19-20(29-21(18)32-6-3-17(25)14-32)30-23(36-19)31-7-10-34-11-8-31/h2,4-5,9,12-13,17,27H,3,6-8,10-11,14,25H2,1H3,(H,28,33)/t17?,24-/m0/s1. The fourth-order valence-electron chi connectivity index (χ4n) is 4.74. The SMILES string of the molecule is Cc1cc([C@]2(C(=O)Nc3cc4oc(N5CCOCC5)nc4nc3N3CCC(N)C3)NC=CO2)ccn1. The zero-order chi connectivity index (χ0) is 24.7. The van der Waals surface area contributed by atoms with Gasteiger partial charge in [-0.1, -0.05) is 0 Å². The smallest absolute Gasteiger partial charge is 0.300 e. The Morgan fingerprint density at radius 1 is 1.22 bits per heavy atom. The molecule has 36 heavy (non-hydrogen) atoms. The number of nitrogens with two attached hydrogens (primary N) is 1. The number of pyridine rings is 2. The number of carbonyl (C=O) groups excluding carboxylic acids is 1. The maximum absolute atomic E-state index is 13.8. The Hall–Kier alpha value is -3.90. The van der Waals surface area contributed by atoms with E-state index in [1.54, 1.807) is 24.5 Å². The summed E-state index contributed by atoms with van der Waals surface area (Å²) in [7, 11) is 0. The van der Waals surface area contributed by atoms with Gasteiger partial charge >= 0.3 is 0 Å². The first-order valence-electron chi connectivity index (χ1n) is 12.0. The van der Waals surface area contributed by atoms with Gasteiger partial charge in [-0.25, -0.2) is 4.98 Å². The molecule has 1 unspecified atom stereocenters. The minimum Gasteiger partial charge on any atom is -0.461 e. The monoisotopic (exact) mass is 492 g/mol. The van der Waals surface area contributed by atoms with Crippen LogP contribution in [0.25, 0.3) is 11.2 Å². The fraction of sp³-hybridized carbons (Fsp3) is 0.417. The van der Waals surface area contributed by atoms with E-state index in [-0.39, 0.29) is 6.04 Å². The first kappa shape index (κ1) is 22.6. The van der Waals surface area contributed by atoms with Crippen molar-refractivity contribution in [2.24, 2.45) is 5.73 Å². The van der Waals surface area contributed by atoms with Crippen LogP contribution in [-0.2, 0) is 20.0 Å². The van der Waals surface area contributed by atoms with Gasteiger partial charge in [-0.2, -0.15) is 4.98 Å². The number of aryl methyl sites for hydroxylation is 1. The number of ether oxygens (including phenoxy) is 2. The lowest BCUT2D eigenvalue weighted by Gasteiger charge is -2.29. The van der Waals surface area contributed by atoms with Crippen LogP contribution in [0.15, 0.2) is 41.3 Å². The lowest BCUT2D eigenvalue weighted by atomic mass is 10.0. The van der Waals surface area contributed by atoms with Crippen molar-refractivity contribution in [3.8, 4) is 0 Å². The van der Waals surface area contributed by atoms with Crippen LogP contribution in [0, 0.1) is 6.92 Å². The van der Waals surface area contributed by atoms with E-state index < -0.39 is 11.6 Å². The molecule has 1 amide bonds. The van der Waals surface area contributed by atoms with Crippen molar-refractivity contribution in [2.75, 3.05) is 54.5 Å². The summed E-state index contributed by atoms with van der Waals surface area (Å²) in [5.74, 6) is 0.189. The predicted octanol–water partition coefficient (Wildman–Crippen LogP) is 1.18. The van der Waals surface area contributed by atoms with E-state index in [0.29, 0.717) is 67.2 Å². The van der Waals surface area contributed by atoms with Crippen molar-refractivity contribution >= 4 is 34.7 Å². The van der Waals surface area contributed by atoms with Gasteiger partial charge in [-0.3, -0.25) is 9.78 Å². The Balaban J connectivity index is 1.38. The van der Waals surface area contributed by atoms with E-state index in [0.717, 1.165) is 18.7 Å². The molecule has 2 saturated heterocycles. The van der Waals surface area contributed by atoms with E-state index in [2.05, 4.69) is 25.5 Å². The second-order valence-corrected chi connectivity index (χ2v) is 9.16. The molecular formula is C24H28N8O4. The summed E-state index contributed by atoms with van der Waals surface area (Å²) < 4.78 is 17.3. The average molecular weight is 493 g/mol. The minimum atomic E-state index is -1.44. The molecule has 2 fully saturated rings. The number of aromatic nitrogens is 3. The summed E-state index contributed by atoms with van der Waals surface area (Å²) in [6, 6.07) is 5.85. The number of hydrogen-bond acceptors (Lipinski definition) is 11. The zero-order valence-electron chi connectivity index (χ0n) is 19.9. The molecule has 0 radical (unpaired) electrons. The van der Waals surface area contributed by atoms with Gasteiger partial charge in [0, 0.05) is 61.9 Å². The molecule has 6 rings (SSSR count). The highest BCUT2D eigenvalue weighted by molar-refractivity contribution is 6.01. The Kier molecular flexibility index (Phi) is 5.61. The first-order chi connectivity index (χ1) is 17.5. The Morgan fingerprint density at radius 3 is 2.81 bits per heavy atom. The van der Waals surface area contributed by atoms with Crippen LogP contribution in [0.5, 0.6) is 0 Å². The summed E-state index contributed by atoms with van der Waals surface area (Å²) in [6.07, 6.45) is 5.54. The lowest BCUT2D eigenvalue weighted by Crippen LogP contribution is -2.49. The van der Waals surface area contributed by atoms with Crippen LogP contribution >= 0.6 is 0 Å². The van der Waals surface area contributed by atoms with Gasteiger partial charge < -0.3 is 40.1 Å². The molecule has 0 aliphatic carbocycles. The fourth-order valence-corrected chi connectivity index (χ4v) is 4.74. The number of fused-ring (bicyclic) bond motifs is 1. The van der Waals surface area contributed by atoms with Gasteiger partial charge in [0.25, 0.3) is 17.6 Å². The molecule has 12 nitrogen and oxygen atoms in total. The molecule has 0 spiro atoms. The number of morpholine rings is 1. The predicted molar refractivity (Wildman–Crippen MR) is 132 cm³/mol. The number of hydrogen-bond donors (Lipinski definition) is 3. The van der Waals surface area contributed by atoms with Gasteiger partial charge in [-0.15, -0.1) is 0 Å². The largest absolute Gasteiger partial charge is 0.461 e. The Bertz CT molecular complexity index is 1310. The summed E-state index contributed by atoms with van der Waals surface area (Å²) in [4.78, 5) is 31.5. The lowest BCUT2D eigenvalue weighted by molar-refractivity contribution is -0.136. The second-order valence-electron chi connectivity index (χ2n) is 9.16. The molecule has 188 valence electrons. The van der Waals surface area contributed by atoms with Crippen LogP contribution in [0.4, 0.5) is 17.5 Å². The molecule has 3 aliphatic rings. The number of carbonyl (C=O) groups is 1. The summed E-state index contributed by atoms with van der Waals surface area (Å²) in [5.41, 5.74) is 7.59. The van der Waals surface area contributed by atoms with Crippen molar-refractivity contribution < 1.29 is 18.7 Å². The van der Waals surface area contributed by atoms with Gasteiger partial charge in [0.05, 0.1) is 18.9 Å². The van der Waals surface area contributed by atoms with Crippen LogP contribution in [0.1, 0.15) is 17.7 Å². The van der Waals surface area contributed by atoms with E-state index in [1.165, 1.54) is 6.26 Å². The number of oxazole rings is 1. The van der Waals surface area contributed by atoms with Gasteiger partial charge in [0.15, 0.2) is 11.4 Å². The molecule has 4 N–H and O–H groups in total. The van der Waals surface area contributed by atoms with Crippen LogP contribution < -0.4 is 26.2 Å². The molecular weight excluding hydrogens is 464 g/mol. The highest BCUT2D eigenvalue weighted by Gasteiger charge is 2.44. The molecule has 3 aromatic heterocycles. The third-order valence-corrected chi connectivity index (χ3v) is 6.63. The van der Waals surface area contributed by atoms with Crippen molar-refractivity contribution in [1.82, 2.24) is 20.3 Å². The maximum Gasteiger partial charge on any atom is 0.300 e. The van der Waals surface area contributed by atoms with Crippen molar-refractivity contribution in [2.45, 2.75) is 25.1 Å². The number of amides is 1. The van der Waals surface area contributed by atoms with Crippen molar-refractivity contribution in [3.63, 3.8) is 0 Å². The van der Waals surface area contributed by atoms with Crippen LogP contribution in [-0.4, -0.2) is 66.3 Å². The zero-order valence-corrected chi connectivity index (χ0v) is 19.9. The Morgan fingerprint density at radius 2 is 2.08 bits per heavy atom. The molecule has 0 bridgehead atoms. The number of rotatable bonds is 5. The number of anilines is 3. The topological polar surface area (TPSA) is 144 Å². The molecule has 3 aromatic rings. The van der Waals surface area contributed by atoms with Gasteiger partial charge in [-0.05, 0) is 25.5 Å². The second kappa shape index (κ2) is 8.95. The molecule has 3 aliphatic heterocycles. The average Bonchev–Trinajstić information content (AvgIpc) is 3.64. The van der Waals surface area contributed by atoms with Crippen LogP contribution in [0.2, 0.25) is 0 Å². The highest BCUT2D eigenvalue weighted by Crippen LogP contribution is 2.35. The van der Waals surface area contributed by atoms with E-state index >= 15 is 0 Å². The van der Waals surface area contributed by atoms with Crippen LogP contribution in [0.3, 0.4) is 0 Å². The van der Waals surface area contributed by atoms with E-state index in [4.69, 9.17) is 24.6 Å². The maximum atomic E-state index is 13.8. The third-order valence-electron chi connectivity index (χ3n) is 6.63. The van der Waals surface area contributed by atoms with Crippen molar-refractivity contribution in [3.05, 3.63) is 48.1 Å². The quantitative estimate of drug-likeness (QED) is 0.472. The summed E-state index contributed by atoms with van der Waals surface area (Å²) >= 11 is 0. The third kappa shape index (κ3) is 3.97. The molecule has 0 saturated carbocycles. The molecule has 2 atom stereocenters. The minimum absolute atomic E-state index is 0.0300. The number of nitrogens with one attached hydrogen (secondary N) is 2.